The molecule has 0 radical (unpaired) electrons. The second-order valence-electron chi connectivity index (χ2n) is 6.84. The van der Waals surface area contributed by atoms with Gasteiger partial charge in [0.1, 0.15) is 0 Å². The topological polar surface area (TPSA) is 32.9 Å². The highest BCUT2D eigenvalue weighted by Gasteiger charge is 2.21. The standard InChI is InChI=1S/C23H19Cl2NOS/c1-28(27)14-17-3-2-4-20-21(13-26-23(17)20)22(15-5-9-18(24)10-6-15)16-7-11-19(25)12-8-16/h2-13,22,26H,14H2,1H3. The predicted octanol–water partition coefficient (Wildman–Crippen LogP) is 6.53. The molecule has 0 aliphatic heterocycles. The lowest BCUT2D eigenvalue weighted by Crippen LogP contribution is -2.03. The van der Waals surface area contributed by atoms with Crippen LogP contribution in [0.3, 0.4) is 0 Å². The first-order valence-corrected chi connectivity index (χ1v) is 11.4. The molecule has 0 saturated carbocycles. The van der Waals surface area contributed by atoms with Crippen LogP contribution in [-0.4, -0.2) is 15.4 Å². The number of benzene rings is 3. The van der Waals surface area contributed by atoms with Gasteiger partial charge in [-0.3, -0.25) is 4.21 Å². The number of rotatable bonds is 5. The first-order chi connectivity index (χ1) is 13.5. The van der Waals surface area contributed by atoms with Crippen molar-refractivity contribution in [1.82, 2.24) is 4.98 Å². The smallest absolute Gasteiger partial charge is 0.0503 e. The fourth-order valence-electron chi connectivity index (χ4n) is 3.68. The molecule has 4 aromatic rings. The summed E-state index contributed by atoms with van der Waals surface area (Å²) in [6.45, 7) is 0. The van der Waals surface area contributed by atoms with Crippen molar-refractivity contribution in [3.8, 4) is 0 Å². The summed E-state index contributed by atoms with van der Waals surface area (Å²) in [5.41, 5.74) is 5.58. The highest BCUT2D eigenvalue weighted by atomic mass is 35.5. The molecule has 1 aromatic heterocycles. The van der Waals surface area contributed by atoms with E-state index in [1.54, 1.807) is 6.26 Å². The fourth-order valence-corrected chi connectivity index (χ4v) is 4.61. The van der Waals surface area contributed by atoms with E-state index < -0.39 is 10.8 Å². The Morgan fingerprint density at radius 3 is 2.00 bits per heavy atom. The summed E-state index contributed by atoms with van der Waals surface area (Å²) in [5, 5.41) is 2.56. The lowest BCUT2D eigenvalue weighted by atomic mass is 9.85. The monoisotopic (exact) mass is 427 g/mol. The summed E-state index contributed by atoms with van der Waals surface area (Å²) in [5.74, 6) is 0.565. The molecule has 0 saturated heterocycles. The first-order valence-electron chi connectivity index (χ1n) is 8.93. The average molecular weight is 428 g/mol. The maximum absolute atomic E-state index is 11.8. The number of fused-ring (bicyclic) bond motifs is 1. The number of hydrogen-bond acceptors (Lipinski definition) is 1. The molecule has 1 unspecified atom stereocenters. The van der Waals surface area contributed by atoms with Gasteiger partial charge in [0, 0.05) is 50.1 Å². The average Bonchev–Trinajstić information content (AvgIpc) is 3.10. The molecule has 3 aromatic carbocycles. The fraction of sp³-hybridized carbons (Fsp3) is 0.130. The molecule has 142 valence electrons. The third-order valence-corrected chi connectivity index (χ3v) is 6.13. The van der Waals surface area contributed by atoms with Crippen molar-refractivity contribution >= 4 is 44.9 Å². The Morgan fingerprint density at radius 2 is 1.46 bits per heavy atom. The summed E-state index contributed by atoms with van der Waals surface area (Å²) in [6, 6.07) is 22.1. The minimum absolute atomic E-state index is 0.0330. The van der Waals surface area contributed by atoms with Gasteiger partial charge in [0.25, 0.3) is 0 Å². The Labute approximate surface area is 177 Å². The van der Waals surface area contributed by atoms with Crippen LogP contribution in [0.1, 0.15) is 28.2 Å². The molecule has 28 heavy (non-hydrogen) atoms. The molecule has 0 bridgehead atoms. The lowest BCUT2D eigenvalue weighted by molar-refractivity contribution is 0.686. The molecule has 1 heterocycles. The van der Waals surface area contributed by atoms with Gasteiger partial charge in [-0.1, -0.05) is 65.7 Å². The zero-order valence-electron chi connectivity index (χ0n) is 15.3. The molecule has 1 N–H and O–H groups in total. The number of aromatic nitrogens is 1. The number of H-pyrrole nitrogens is 1. The molecule has 0 aliphatic carbocycles. The third kappa shape index (κ3) is 3.88. The summed E-state index contributed by atoms with van der Waals surface area (Å²) >= 11 is 12.2. The number of halogens is 2. The molecule has 1 atom stereocenters. The quantitative estimate of drug-likeness (QED) is 0.385. The van der Waals surface area contributed by atoms with Gasteiger partial charge >= 0.3 is 0 Å². The summed E-state index contributed by atoms with van der Waals surface area (Å²) in [6.07, 6.45) is 3.79. The minimum atomic E-state index is -0.901. The molecule has 0 spiro atoms. The number of nitrogens with one attached hydrogen (secondary N) is 1. The Bertz CT molecular complexity index is 1090. The minimum Gasteiger partial charge on any atom is -0.361 e. The van der Waals surface area contributed by atoms with Crippen LogP contribution in [0.2, 0.25) is 10.0 Å². The van der Waals surface area contributed by atoms with Gasteiger partial charge < -0.3 is 4.98 Å². The predicted molar refractivity (Wildman–Crippen MR) is 120 cm³/mol. The van der Waals surface area contributed by atoms with E-state index in [2.05, 4.69) is 41.5 Å². The third-order valence-electron chi connectivity index (χ3n) is 4.91. The summed E-state index contributed by atoms with van der Waals surface area (Å²) < 4.78 is 11.8. The van der Waals surface area contributed by atoms with Gasteiger partial charge in [0.05, 0.1) is 5.75 Å². The Balaban J connectivity index is 1.90. The van der Waals surface area contributed by atoms with Gasteiger partial charge in [-0.2, -0.15) is 0 Å². The number of hydrogen-bond donors (Lipinski definition) is 1. The van der Waals surface area contributed by atoms with Gasteiger partial charge in [-0.15, -0.1) is 0 Å². The van der Waals surface area contributed by atoms with Crippen molar-refractivity contribution < 1.29 is 4.21 Å². The van der Waals surface area contributed by atoms with Gasteiger partial charge in [-0.05, 0) is 46.5 Å². The maximum atomic E-state index is 11.8. The van der Waals surface area contributed by atoms with E-state index in [0.29, 0.717) is 15.8 Å². The maximum Gasteiger partial charge on any atom is 0.0503 e. The van der Waals surface area contributed by atoms with Crippen LogP contribution in [0.5, 0.6) is 0 Å². The van der Waals surface area contributed by atoms with Crippen LogP contribution in [0.4, 0.5) is 0 Å². The molecule has 0 fully saturated rings. The van der Waals surface area contributed by atoms with E-state index in [1.807, 2.05) is 36.4 Å². The molecule has 5 heteroatoms. The lowest BCUT2D eigenvalue weighted by Gasteiger charge is -2.18. The van der Waals surface area contributed by atoms with Crippen LogP contribution < -0.4 is 0 Å². The molecule has 0 amide bonds. The van der Waals surface area contributed by atoms with Crippen LogP contribution >= 0.6 is 23.2 Å². The van der Waals surface area contributed by atoms with E-state index in [9.17, 15) is 4.21 Å². The number of aromatic amines is 1. The molecule has 2 nitrogen and oxygen atoms in total. The molecular weight excluding hydrogens is 409 g/mol. The Morgan fingerprint density at radius 1 is 0.893 bits per heavy atom. The van der Waals surface area contributed by atoms with Crippen LogP contribution in [-0.2, 0) is 16.6 Å². The molecular formula is C23H19Cl2NOS. The van der Waals surface area contributed by atoms with Crippen molar-refractivity contribution in [3.63, 3.8) is 0 Å². The van der Waals surface area contributed by atoms with Crippen molar-refractivity contribution in [1.29, 1.82) is 0 Å². The molecule has 4 rings (SSSR count). The highest BCUT2D eigenvalue weighted by Crippen LogP contribution is 2.37. The zero-order chi connectivity index (χ0) is 19.7. The van der Waals surface area contributed by atoms with E-state index >= 15 is 0 Å². The SMILES string of the molecule is CS(=O)Cc1cccc2c(C(c3ccc(Cl)cc3)c3ccc(Cl)cc3)c[nH]c12. The van der Waals surface area contributed by atoms with E-state index in [4.69, 9.17) is 23.2 Å². The van der Waals surface area contributed by atoms with Crippen LogP contribution in [0.15, 0.2) is 72.9 Å². The second-order valence-corrected chi connectivity index (χ2v) is 9.15. The van der Waals surface area contributed by atoms with E-state index in [-0.39, 0.29) is 5.92 Å². The Kier molecular flexibility index (Phi) is 5.58. The normalized spacial score (nSPS) is 12.6. The van der Waals surface area contributed by atoms with Gasteiger partial charge in [0.2, 0.25) is 0 Å². The van der Waals surface area contributed by atoms with Crippen molar-refractivity contribution in [3.05, 3.63) is 105 Å². The van der Waals surface area contributed by atoms with Crippen molar-refractivity contribution in [2.45, 2.75) is 11.7 Å². The van der Waals surface area contributed by atoms with Gasteiger partial charge in [0.15, 0.2) is 0 Å². The summed E-state index contributed by atoms with van der Waals surface area (Å²) in [7, 11) is -0.901. The first kappa shape index (κ1) is 19.3. The van der Waals surface area contributed by atoms with Crippen LogP contribution in [0.25, 0.3) is 10.9 Å². The molecule has 0 aliphatic rings. The van der Waals surface area contributed by atoms with E-state index in [0.717, 1.165) is 27.6 Å². The number of para-hydroxylation sites is 1. The largest absolute Gasteiger partial charge is 0.361 e. The van der Waals surface area contributed by atoms with E-state index in [1.165, 1.54) is 5.56 Å². The summed E-state index contributed by atoms with van der Waals surface area (Å²) in [4.78, 5) is 3.42. The Hall–Kier alpha value is -2.07. The van der Waals surface area contributed by atoms with Crippen molar-refractivity contribution in [2.75, 3.05) is 6.26 Å². The zero-order valence-corrected chi connectivity index (χ0v) is 17.6. The van der Waals surface area contributed by atoms with Crippen molar-refractivity contribution in [2.24, 2.45) is 0 Å². The van der Waals surface area contributed by atoms with Crippen LogP contribution in [0, 0.1) is 0 Å². The highest BCUT2D eigenvalue weighted by molar-refractivity contribution is 7.83. The second kappa shape index (κ2) is 8.12. The van der Waals surface area contributed by atoms with Gasteiger partial charge in [-0.25, -0.2) is 0 Å².